The van der Waals surface area contributed by atoms with Crippen molar-refractivity contribution < 1.29 is 5.11 Å². The Balaban J connectivity index is 1.75. The standard InChI is InChI=1S/C13H20N2O/c1-15-7-3-5-12(15)10-14-9-11-4-2-6-13(16)8-11/h2,4,6,8,12,14,16H,3,5,7,9-10H2,1H3. The summed E-state index contributed by atoms with van der Waals surface area (Å²) in [6, 6.07) is 8.11. The quantitative estimate of drug-likeness (QED) is 0.808. The molecule has 1 aromatic carbocycles. The number of likely N-dealkylation sites (tertiary alicyclic amines) is 1. The zero-order valence-electron chi connectivity index (χ0n) is 9.82. The van der Waals surface area contributed by atoms with Gasteiger partial charge in [0.15, 0.2) is 0 Å². The summed E-state index contributed by atoms with van der Waals surface area (Å²) in [5, 5.41) is 12.8. The lowest BCUT2D eigenvalue weighted by molar-refractivity contribution is 0.300. The van der Waals surface area contributed by atoms with Gasteiger partial charge in [-0.25, -0.2) is 0 Å². The lowest BCUT2D eigenvalue weighted by atomic mass is 10.2. The maximum atomic E-state index is 9.33. The van der Waals surface area contributed by atoms with E-state index in [9.17, 15) is 5.11 Å². The van der Waals surface area contributed by atoms with E-state index in [1.165, 1.54) is 19.4 Å². The van der Waals surface area contributed by atoms with E-state index in [-0.39, 0.29) is 0 Å². The van der Waals surface area contributed by atoms with Gasteiger partial charge in [0.05, 0.1) is 0 Å². The third kappa shape index (κ3) is 2.97. The van der Waals surface area contributed by atoms with Crippen LogP contribution in [0.15, 0.2) is 24.3 Å². The molecule has 0 radical (unpaired) electrons. The van der Waals surface area contributed by atoms with Crippen LogP contribution in [0.5, 0.6) is 5.75 Å². The number of benzene rings is 1. The monoisotopic (exact) mass is 220 g/mol. The van der Waals surface area contributed by atoms with Crippen LogP contribution in [0.4, 0.5) is 0 Å². The molecular formula is C13H20N2O. The first-order valence-electron chi connectivity index (χ1n) is 5.94. The van der Waals surface area contributed by atoms with Crippen molar-refractivity contribution in [1.82, 2.24) is 10.2 Å². The summed E-state index contributed by atoms with van der Waals surface area (Å²) in [5.41, 5.74) is 1.14. The molecule has 1 atom stereocenters. The second-order valence-electron chi connectivity index (χ2n) is 4.58. The van der Waals surface area contributed by atoms with E-state index in [4.69, 9.17) is 0 Å². The number of hydrogen-bond acceptors (Lipinski definition) is 3. The molecular weight excluding hydrogens is 200 g/mol. The number of hydrogen-bond donors (Lipinski definition) is 2. The Kier molecular flexibility index (Phi) is 3.80. The average Bonchev–Trinajstić information content (AvgIpc) is 2.65. The van der Waals surface area contributed by atoms with Crippen molar-refractivity contribution >= 4 is 0 Å². The summed E-state index contributed by atoms with van der Waals surface area (Å²) < 4.78 is 0. The van der Waals surface area contributed by atoms with Crippen LogP contribution < -0.4 is 5.32 Å². The summed E-state index contributed by atoms with van der Waals surface area (Å²) >= 11 is 0. The third-order valence-corrected chi connectivity index (χ3v) is 3.29. The van der Waals surface area contributed by atoms with Gasteiger partial charge in [-0.05, 0) is 44.1 Å². The predicted octanol–water partition coefficient (Wildman–Crippen LogP) is 1.58. The first-order valence-corrected chi connectivity index (χ1v) is 5.94. The number of likely N-dealkylation sites (N-methyl/N-ethyl adjacent to an activating group) is 1. The van der Waals surface area contributed by atoms with E-state index in [0.717, 1.165) is 18.7 Å². The number of phenols is 1. The molecule has 2 rings (SSSR count). The van der Waals surface area contributed by atoms with Crippen LogP contribution in [0.25, 0.3) is 0 Å². The van der Waals surface area contributed by atoms with Crippen molar-refractivity contribution in [1.29, 1.82) is 0 Å². The molecule has 1 aromatic rings. The number of nitrogens with zero attached hydrogens (tertiary/aromatic N) is 1. The summed E-state index contributed by atoms with van der Waals surface area (Å²) in [7, 11) is 2.19. The molecule has 0 aromatic heterocycles. The molecule has 0 aliphatic carbocycles. The molecule has 0 spiro atoms. The minimum atomic E-state index is 0.345. The Hall–Kier alpha value is -1.06. The van der Waals surface area contributed by atoms with E-state index in [2.05, 4.69) is 17.3 Å². The highest BCUT2D eigenvalue weighted by Gasteiger charge is 2.19. The minimum Gasteiger partial charge on any atom is -0.508 e. The van der Waals surface area contributed by atoms with E-state index in [1.54, 1.807) is 6.07 Å². The van der Waals surface area contributed by atoms with Gasteiger partial charge >= 0.3 is 0 Å². The maximum Gasteiger partial charge on any atom is 0.115 e. The molecule has 1 saturated heterocycles. The first-order chi connectivity index (χ1) is 7.75. The molecule has 1 heterocycles. The second kappa shape index (κ2) is 5.32. The topological polar surface area (TPSA) is 35.5 Å². The molecule has 0 amide bonds. The zero-order valence-corrected chi connectivity index (χ0v) is 9.82. The Bertz CT molecular complexity index is 340. The smallest absolute Gasteiger partial charge is 0.115 e. The van der Waals surface area contributed by atoms with Gasteiger partial charge in [-0.1, -0.05) is 12.1 Å². The van der Waals surface area contributed by atoms with E-state index in [1.807, 2.05) is 18.2 Å². The van der Waals surface area contributed by atoms with Gasteiger partial charge in [0, 0.05) is 19.1 Å². The molecule has 1 unspecified atom stereocenters. The number of aromatic hydroxyl groups is 1. The maximum absolute atomic E-state index is 9.33. The minimum absolute atomic E-state index is 0.345. The van der Waals surface area contributed by atoms with Crippen molar-refractivity contribution in [3.05, 3.63) is 29.8 Å². The SMILES string of the molecule is CN1CCCC1CNCc1cccc(O)c1. The fourth-order valence-electron chi connectivity index (χ4n) is 2.29. The van der Waals surface area contributed by atoms with E-state index >= 15 is 0 Å². The molecule has 1 aliphatic heterocycles. The van der Waals surface area contributed by atoms with Gasteiger partial charge in [0.25, 0.3) is 0 Å². The second-order valence-corrected chi connectivity index (χ2v) is 4.58. The van der Waals surface area contributed by atoms with Crippen LogP contribution in [0, 0.1) is 0 Å². The normalized spacial score (nSPS) is 21.4. The van der Waals surface area contributed by atoms with Gasteiger partial charge in [-0.15, -0.1) is 0 Å². The fourth-order valence-corrected chi connectivity index (χ4v) is 2.29. The number of phenolic OH excluding ortho intramolecular Hbond substituents is 1. The van der Waals surface area contributed by atoms with Crippen molar-refractivity contribution in [2.45, 2.75) is 25.4 Å². The van der Waals surface area contributed by atoms with Crippen molar-refractivity contribution in [3.63, 3.8) is 0 Å². The molecule has 1 fully saturated rings. The Morgan fingerprint density at radius 2 is 2.38 bits per heavy atom. The van der Waals surface area contributed by atoms with Crippen LogP contribution in [0.1, 0.15) is 18.4 Å². The van der Waals surface area contributed by atoms with E-state index < -0.39 is 0 Å². The highest BCUT2D eigenvalue weighted by Crippen LogP contribution is 2.14. The predicted molar refractivity (Wildman–Crippen MR) is 65.5 cm³/mol. The first kappa shape index (κ1) is 11.4. The lowest BCUT2D eigenvalue weighted by Gasteiger charge is -2.19. The van der Waals surface area contributed by atoms with Crippen LogP contribution >= 0.6 is 0 Å². The number of rotatable bonds is 4. The lowest BCUT2D eigenvalue weighted by Crippen LogP contribution is -2.35. The summed E-state index contributed by atoms with van der Waals surface area (Å²) in [4.78, 5) is 2.41. The highest BCUT2D eigenvalue weighted by molar-refractivity contribution is 5.26. The summed E-state index contributed by atoms with van der Waals surface area (Å²) in [6.45, 7) is 3.09. The third-order valence-electron chi connectivity index (χ3n) is 3.29. The molecule has 3 nitrogen and oxygen atoms in total. The zero-order chi connectivity index (χ0) is 11.4. The number of nitrogens with one attached hydrogen (secondary N) is 1. The van der Waals surface area contributed by atoms with Crippen LogP contribution in [0.2, 0.25) is 0 Å². The molecule has 88 valence electrons. The van der Waals surface area contributed by atoms with Crippen LogP contribution in [-0.2, 0) is 6.54 Å². The van der Waals surface area contributed by atoms with Gasteiger partial charge in [0.1, 0.15) is 5.75 Å². The Morgan fingerprint density at radius 1 is 1.50 bits per heavy atom. The summed E-state index contributed by atoms with van der Waals surface area (Å²) in [6.07, 6.45) is 2.61. The molecule has 1 aliphatic rings. The molecule has 3 heteroatoms. The average molecular weight is 220 g/mol. The van der Waals surface area contributed by atoms with Crippen molar-refractivity contribution in [3.8, 4) is 5.75 Å². The van der Waals surface area contributed by atoms with Gasteiger partial charge < -0.3 is 15.3 Å². The Morgan fingerprint density at radius 3 is 3.06 bits per heavy atom. The van der Waals surface area contributed by atoms with Gasteiger partial charge in [-0.2, -0.15) is 0 Å². The fraction of sp³-hybridized carbons (Fsp3) is 0.538. The van der Waals surface area contributed by atoms with Crippen LogP contribution in [0.3, 0.4) is 0 Å². The molecule has 0 saturated carbocycles. The Labute approximate surface area is 97.1 Å². The van der Waals surface area contributed by atoms with Crippen molar-refractivity contribution in [2.75, 3.05) is 20.1 Å². The molecule has 2 N–H and O–H groups in total. The van der Waals surface area contributed by atoms with Gasteiger partial charge in [0.2, 0.25) is 0 Å². The highest BCUT2D eigenvalue weighted by atomic mass is 16.3. The summed E-state index contributed by atoms with van der Waals surface area (Å²) in [5.74, 6) is 0.345. The van der Waals surface area contributed by atoms with Crippen LogP contribution in [-0.4, -0.2) is 36.2 Å². The molecule has 16 heavy (non-hydrogen) atoms. The van der Waals surface area contributed by atoms with Gasteiger partial charge in [-0.3, -0.25) is 0 Å². The van der Waals surface area contributed by atoms with Crippen molar-refractivity contribution in [2.24, 2.45) is 0 Å². The van der Waals surface area contributed by atoms with E-state index in [0.29, 0.717) is 11.8 Å². The molecule has 0 bridgehead atoms. The largest absolute Gasteiger partial charge is 0.508 e.